The molecule has 0 aliphatic heterocycles. The third-order valence-corrected chi connectivity index (χ3v) is 4.25. The smallest absolute Gasteiger partial charge is 0.359 e. The van der Waals surface area contributed by atoms with Gasteiger partial charge in [-0.25, -0.2) is 9.48 Å². The number of nitro groups is 1. The average Bonchev–Trinajstić information content (AvgIpc) is 2.70. The Labute approximate surface area is 167 Å². The number of hydrogen-bond donors (Lipinski definition) is 1. The van der Waals surface area contributed by atoms with E-state index in [1.165, 1.54) is 19.2 Å². The predicted molar refractivity (Wildman–Crippen MR) is 104 cm³/mol. The van der Waals surface area contributed by atoms with Gasteiger partial charge in [0.15, 0.2) is 12.3 Å². The lowest BCUT2D eigenvalue weighted by molar-refractivity contribution is -0.384. The van der Waals surface area contributed by atoms with Crippen molar-refractivity contribution in [3.63, 3.8) is 0 Å². The lowest BCUT2D eigenvalue weighted by Crippen LogP contribution is -2.26. The van der Waals surface area contributed by atoms with Gasteiger partial charge in [-0.3, -0.25) is 19.7 Å². The van der Waals surface area contributed by atoms with Crippen LogP contribution < -0.4 is 10.9 Å². The van der Waals surface area contributed by atoms with E-state index < -0.39 is 23.4 Å². The summed E-state index contributed by atoms with van der Waals surface area (Å²) >= 11 is 5.91. The van der Waals surface area contributed by atoms with E-state index in [2.05, 4.69) is 10.4 Å². The van der Waals surface area contributed by atoms with Crippen LogP contribution in [0.1, 0.15) is 10.5 Å². The SMILES string of the molecule is Cn1nc(C(=O)OCC(=O)Nc2cc([N+](=O)[O-])ccc2Cl)c2ccccc2c1=O. The van der Waals surface area contributed by atoms with Crippen LogP contribution in [0.15, 0.2) is 47.3 Å². The zero-order valence-electron chi connectivity index (χ0n) is 14.9. The number of hydrogen-bond acceptors (Lipinski definition) is 7. The number of anilines is 1. The van der Waals surface area contributed by atoms with Crippen LogP contribution >= 0.6 is 11.6 Å². The van der Waals surface area contributed by atoms with Gasteiger partial charge in [0.25, 0.3) is 17.2 Å². The van der Waals surface area contributed by atoms with Crippen LogP contribution in [0.5, 0.6) is 0 Å². The van der Waals surface area contributed by atoms with Crippen LogP contribution in [-0.4, -0.2) is 33.2 Å². The van der Waals surface area contributed by atoms with Crippen molar-refractivity contribution in [3.8, 4) is 0 Å². The van der Waals surface area contributed by atoms with Gasteiger partial charge in [-0.05, 0) is 12.1 Å². The molecule has 0 aliphatic rings. The number of rotatable bonds is 5. The van der Waals surface area contributed by atoms with Gasteiger partial charge < -0.3 is 10.1 Å². The van der Waals surface area contributed by atoms with Gasteiger partial charge in [-0.15, -0.1) is 0 Å². The first-order valence-electron chi connectivity index (χ1n) is 8.15. The van der Waals surface area contributed by atoms with Crippen LogP contribution in [0.2, 0.25) is 5.02 Å². The van der Waals surface area contributed by atoms with E-state index in [1.54, 1.807) is 24.3 Å². The van der Waals surface area contributed by atoms with Gasteiger partial charge in [-0.2, -0.15) is 5.10 Å². The zero-order valence-corrected chi connectivity index (χ0v) is 15.7. The van der Waals surface area contributed by atoms with E-state index in [1.807, 2.05) is 0 Å². The molecule has 2 aromatic carbocycles. The maximum Gasteiger partial charge on any atom is 0.359 e. The standard InChI is InChI=1S/C18H13ClN4O6/c1-22-17(25)12-5-3-2-4-11(12)16(21-22)18(26)29-9-15(24)20-14-8-10(23(27)28)6-7-13(14)19/h2-8H,9H2,1H3,(H,20,24). The molecule has 0 spiro atoms. The molecule has 0 unspecified atom stereocenters. The number of amides is 1. The number of nitro benzene ring substituents is 1. The van der Waals surface area contributed by atoms with Crippen LogP contribution in [0.3, 0.4) is 0 Å². The molecule has 0 bridgehead atoms. The molecule has 3 aromatic rings. The number of benzene rings is 2. The monoisotopic (exact) mass is 416 g/mol. The molecule has 11 heteroatoms. The number of fused-ring (bicyclic) bond motifs is 1. The number of nitrogens with one attached hydrogen (secondary N) is 1. The highest BCUT2D eigenvalue weighted by Gasteiger charge is 2.19. The minimum absolute atomic E-state index is 0.00704. The summed E-state index contributed by atoms with van der Waals surface area (Å²) in [5, 5.41) is 17.7. The number of carbonyl (C=O) groups is 2. The molecule has 3 rings (SSSR count). The molecule has 1 amide bonds. The van der Waals surface area contributed by atoms with Crippen LogP contribution in [0, 0.1) is 10.1 Å². The Balaban J connectivity index is 1.75. The second kappa shape index (κ2) is 8.07. The molecule has 1 heterocycles. The van der Waals surface area contributed by atoms with E-state index in [0.717, 1.165) is 10.7 Å². The second-order valence-corrected chi connectivity index (χ2v) is 6.28. The molecule has 148 valence electrons. The van der Waals surface area contributed by atoms with Crippen molar-refractivity contribution in [2.75, 3.05) is 11.9 Å². The molecule has 29 heavy (non-hydrogen) atoms. The van der Waals surface area contributed by atoms with Crippen LogP contribution in [-0.2, 0) is 16.6 Å². The molecule has 1 N–H and O–H groups in total. The fraction of sp³-hybridized carbons (Fsp3) is 0.111. The van der Waals surface area contributed by atoms with Crippen molar-refractivity contribution in [1.29, 1.82) is 0 Å². The molecular weight excluding hydrogens is 404 g/mol. The van der Waals surface area contributed by atoms with Gasteiger partial charge in [0.05, 0.1) is 21.0 Å². The largest absolute Gasteiger partial charge is 0.451 e. The predicted octanol–water partition coefficient (Wildman–Crippen LogP) is 2.29. The second-order valence-electron chi connectivity index (χ2n) is 5.87. The van der Waals surface area contributed by atoms with Crippen molar-refractivity contribution in [2.45, 2.75) is 0 Å². The van der Waals surface area contributed by atoms with Crippen molar-refractivity contribution >= 4 is 45.6 Å². The summed E-state index contributed by atoms with van der Waals surface area (Å²) in [6.45, 7) is -0.684. The Kier molecular flexibility index (Phi) is 5.55. The van der Waals surface area contributed by atoms with Gasteiger partial charge >= 0.3 is 5.97 Å². The summed E-state index contributed by atoms with van der Waals surface area (Å²) < 4.78 is 5.98. The molecule has 0 radical (unpaired) electrons. The summed E-state index contributed by atoms with van der Waals surface area (Å²) in [6, 6.07) is 9.92. The fourth-order valence-electron chi connectivity index (χ4n) is 2.56. The van der Waals surface area contributed by atoms with Crippen molar-refractivity contribution < 1.29 is 19.2 Å². The highest BCUT2D eigenvalue weighted by Crippen LogP contribution is 2.26. The first-order valence-corrected chi connectivity index (χ1v) is 8.52. The van der Waals surface area contributed by atoms with Crippen LogP contribution in [0.25, 0.3) is 10.8 Å². The summed E-state index contributed by atoms with van der Waals surface area (Å²) in [4.78, 5) is 46.8. The number of aryl methyl sites for hydroxylation is 1. The van der Waals surface area contributed by atoms with Crippen molar-refractivity contribution in [2.24, 2.45) is 7.05 Å². The number of non-ortho nitro benzene ring substituents is 1. The normalized spacial score (nSPS) is 10.6. The van der Waals surface area contributed by atoms with E-state index >= 15 is 0 Å². The first-order chi connectivity index (χ1) is 13.8. The summed E-state index contributed by atoms with van der Waals surface area (Å²) in [5.74, 6) is -1.66. The van der Waals surface area contributed by atoms with E-state index in [-0.39, 0.29) is 33.0 Å². The first kappa shape index (κ1) is 20.0. The topological polar surface area (TPSA) is 133 Å². The Morgan fingerprint density at radius 3 is 2.62 bits per heavy atom. The number of aromatic nitrogens is 2. The van der Waals surface area contributed by atoms with Gasteiger partial charge in [-0.1, -0.05) is 29.8 Å². The summed E-state index contributed by atoms with van der Waals surface area (Å²) in [6.07, 6.45) is 0. The number of nitrogens with zero attached hydrogens (tertiary/aromatic N) is 3. The lowest BCUT2D eigenvalue weighted by atomic mass is 10.1. The Morgan fingerprint density at radius 1 is 1.24 bits per heavy atom. The number of halogens is 1. The fourth-order valence-corrected chi connectivity index (χ4v) is 2.72. The van der Waals surface area contributed by atoms with E-state index in [0.29, 0.717) is 5.39 Å². The highest BCUT2D eigenvalue weighted by molar-refractivity contribution is 6.33. The summed E-state index contributed by atoms with van der Waals surface area (Å²) in [7, 11) is 1.39. The van der Waals surface area contributed by atoms with Gasteiger partial charge in [0.2, 0.25) is 0 Å². The van der Waals surface area contributed by atoms with E-state index in [9.17, 15) is 24.5 Å². The van der Waals surface area contributed by atoms with Gasteiger partial charge in [0, 0.05) is 24.6 Å². The summed E-state index contributed by atoms with van der Waals surface area (Å²) in [5.41, 5.74) is -0.755. The maximum atomic E-state index is 12.4. The molecule has 0 fully saturated rings. The molecular formula is C18H13ClN4O6. The number of esters is 1. The number of ether oxygens (including phenoxy) is 1. The van der Waals surface area contributed by atoms with Crippen LogP contribution in [0.4, 0.5) is 11.4 Å². The third-order valence-electron chi connectivity index (χ3n) is 3.92. The Hall–Kier alpha value is -3.79. The molecule has 0 atom stereocenters. The third kappa shape index (κ3) is 4.22. The molecule has 0 saturated carbocycles. The average molecular weight is 417 g/mol. The van der Waals surface area contributed by atoms with E-state index in [4.69, 9.17) is 16.3 Å². The minimum Gasteiger partial charge on any atom is -0.451 e. The molecule has 0 aliphatic carbocycles. The minimum atomic E-state index is -0.905. The van der Waals surface area contributed by atoms with Crippen molar-refractivity contribution in [1.82, 2.24) is 9.78 Å². The Bertz CT molecular complexity index is 1210. The molecule has 10 nitrogen and oxygen atoms in total. The Morgan fingerprint density at radius 2 is 1.93 bits per heavy atom. The molecule has 1 aromatic heterocycles. The highest BCUT2D eigenvalue weighted by atomic mass is 35.5. The van der Waals surface area contributed by atoms with Gasteiger partial charge in [0.1, 0.15) is 0 Å². The quantitative estimate of drug-likeness (QED) is 0.383. The number of carbonyl (C=O) groups excluding carboxylic acids is 2. The van der Waals surface area contributed by atoms with Crippen molar-refractivity contribution in [3.05, 3.63) is 73.6 Å². The maximum absolute atomic E-state index is 12.4. The zero-order chi connectivity index (χ0) is 21.1. The lowest BCUT2D eigenvalue weighted by Gasteiger charge is -2.09. The molecule has 0 saturated heterocycles.